The highest BCUT2D eigenvalue weighted by Crippen LogP contribution is 1.66. The van der Waals surface area contributed by atoms with Crippen LogP contribution in [-0.4, -0.2) is 58.1 Å². The van der Waals surface area contributed by atoms with Gasteiger partial charge in [-0.1, -0.05) is 0 Å². The first-order valence-electron chi connectivity index (χ1n) is 4.69. The maximum Gasteiger partial charge on any atom is 0.503 e. The lowest BCUT2D eigenvalue weighted by Gasteiger charge is -1.89. The Morgan fingerprint density at radius 2 is 0.900 bits per heavy atom. The molecule has 2 amide bonds. The largest absolute Gasteiger partial charge is 0.503 e. The third-order valence-corrected chi connectivity index (χ3v) is 0.573. The first-order valence-corrected chi connectivity index (χ1v) is 4.69. The van der Waals surface area contributed by atoms with Crippen molar-refractivity contribution in [1.29, 1.82) is 0 Å². The number of hydrogen-bond donors (Lipinski definition) is 6. The van der Waals surface area contributed by atoms with Crippen molar-refractivity contribution in [2.45, 2.75) is 13.8 Å². The summed E-state index contributed by atoms with van der Waals surface area (Å²) in [6, 6.07) is 0. The molecule has 0 aromatic heterocycles. The summed E-state index contributed by atoms with van der Waals surface area (Å²) in [4.78, 5) is 36.3. The van der Waals surface area contributed by atoms with Gasteiger partial charge in [-0.2, -0.15) is 0 Å². The van der Waals surface area contributed by atoms with Crippen LogP contribution in [-0.2, 0) is 9.47 Å². The van der Waals surface area contributed by atoms with Crippen LogP contribution in [0.4, 0.5) is 19.2 Å². The van der Waals surface area contributed by atoms with E-state index in [-0.39, 0.29) is 0 Å². The van der Waals surface area contributed by atoms with E-state index in [0.717, 1.165) is 0 Å². The van der Waals surface area contributed by atoms with Gasteiger partial charge in [0.25, 0.3) is 0 Å². The van der Waals surface area contributed by atoms with Gasteiger partial charge in [0.05, 0.1) is 13.2 Å². The average Bonchev–Trinajstić information content (AvgIpc) is 2.15. The van der Waals surface area contributed by atoms with Crippen molar-refractivity contribution in [2.75, 3.05) is 13.2 Å². The molecule has 0 aliphatic carbocycles. The van der Waals surface area contributed by atoms with Gasteiger partial charge in [-0.05, 0) is 13.8 Å². The normalized spacial score (nSPS) is 6.90. The van der Waals surface area contributed by atoms with E-state index in [4.69, 9.17) is 30.0 Å². The van der Waals surface area contributed by atoms with Gasteiger partial charge in [-0.15, -0.1) is 0 Å². The molecular formula is C8H18N2O10. The van der Waals surface area contributed by atoms with Crippen molar-refractivity contribution < 1.29 is 49.1 Å². The lowest BCUT2D eigenvalue weighted by molar-refractivity contribution is 0.135. The van der Waals surface area contributed by atoms with Crippen molar-refractivity contribution >= 4 is 24.5 Å². The first kappa shape index (κ1) is 25.8. The van der Waals surface area contributed by atoms with E-state index in [2.05, 4.69) is 20.9 Å². The van der Waals surface area contributed by atoms with Crippen molar-refractivity contribution in [3.63, 3.8) is 0 Å². The molecule has 0 fully saturated rings. The Morgan fingerprint density at radius 1 is 0.750 bits per heavy atom. The van der Waals surface area contributed by atoms with E-state index in [1.54, 1.807) is 13.8 Å². The van der Waals surface area contributed by atoms with Gasteiger partial charge in [-0.25, -0.2) is 19.2 Å². The monoisotopic (exact) mass is 302 g/mol. The summed E-state index contributed by atoms with van der Waals surface area (Å²) >= 11 is 0. The van der Waals surface area contributed by atoms with Gasteiger partial charge >= 0.3 is 24.5 Å². The zero-order valence-corrected chi connectivity index (χ0v) is 10.8. The van der Waals surface area contributed by atoms with E-state index in [9.17, 15) is 9.59 Å². The van der Waals surface area contributed by atoms with E-state index >= 15 is 0 Å². The smallest absolute Gasteiger partial charge is 0.450 e. The maximum absolute atomic E-state index is 9.60. The minimum absolute atomic E-state index is 0.356. The maximum atomic E-state index is 9.60. The van der Waals surface area contributed by atoms with Gasteiger partial charge in [0, 0.05) is 0 Å². The number of rotatable bonds is 2. The van der Waals surface area contributed by atoms with Crippen LogP contribution >= 0.6 is 0 Å². The van der Waals surface area contributed by atoms with Crippen LogP contribution in [0, 0.1) is 0 Å². The molecule has 8 N–H and O–H groups in total. The molecule has 0 unspecified atom stereocenters. The number of amides is 2. The molecule has 0 aliphatic heterocycles. The molecule has 0 radical (unpaired) electrons. The molecule has 0 spiro atoms. The highest BCUT2D eigenvalue weighted by Gasteiger charge is 1.82. The summed E-state index contributed by atoms with van der Waals surface area (Å²) in [7, 11) is 0. The highest BCUT2D eigenvalue weighted by molar-refractivity contribution is 5.64. The van der Waals surface area contributed by atoms with Gasteiger partial charge in [-0.3, -0.25) is 0 Å². The standard InChI is InChI=1S/2C3H7NO2.2CH2O3/c2*1-2-6-3(4)5;2*2-1(3)4/h2*2H2,1H3,(H2,4,5);2*(H2,2,3,4). The number of primary amides is 2. The second-order valence-corrected chi connectivity index (χ2v) is 2.07. The predicted molar refractivity (Wildman–Crippen MR) is 63.7 cm³/mol. The van der Waals surface area contributed by atoms with E-state index in [1.807, 2.05) is 0 Å². The van der Waals surface area contributed by atoms with Crippen molar-refractivity contribution in [3.8, 4) is 0 Å². The molecule has 0 saturated heterocycles. The molecule has 12 heteroatoms. The molecule has 0 heterocycles. The molecule has 120 valence electrons. The van der Waals surface area contributed by atoms with Crippen molar-refractivity contribution in [1.82, 2.24) is 0 Å². The van der Waals surface area contributed by atoms with E-state index < -0.39 is 24.5 Å². The fraction of sp³-hybridized carbons (Fsp3) is 0.500. The molecule has 0 bridgehead atoms. The zero-order valence-electron chi connectivity index (χ0n) is 10.8. The Bertz CT molecular complexity index is 244. The van der Waals surface area contributed by atoms with Crippen LogP contribution in [0.25, 0.3) is 0 Å². The minimum Gasteiger partial charge on any atom is -0.450 e. The summed E-state index contributed by atoms with van der Waals surface area (Å²) < 4.78 is 8.36. The molecule has 0 saturated carbocycles. The van der Waals surface area contributed by atoms with Crippen LogP contribution < -0.4 is 11.5 Å². The SMILES string of the molecule is CCOC(N)=O.CCOC(N)=O.O=C(O)O.O=C(O)O. The Labute approximate surface area is 113 Å². The van der Waals surface area contributed by atoms with Crippen molar-refractivity contribution in [3.05, 3.63) is 0 Å². The lowest BCUT2D eigenvalue weighted by Crippen LogP contribution is -2.11. The molecule has 20 heavy (non-hydrogen) atoms. The molecule has 0 aromatic carbocycles. The van der Waals surface area contributed by atoms with E-state index in [1.165, 1.54) is 0 Å². The summed E-state index contributed by atoms with van der Waals surface area (Å²) in [5, 5.41) is 27.9. The zero-order chi connectivity index (χ0) is 17.1. The van der Waals surface area contributed by atoms with Gasteiger partial charge in [0.2, 0.25) is 0 Å². The number of carbonyl (C=O) groups is 4. The quantitative estimate of drug-likeness (QED) is 0.417. The first-order chi connectivity index (χ1) is 9.00. The van der Waals surface area contributed by atoms with Crippen LogP contribution in [0.2, 0.25) is 0 Å². The Morgan fingerprint density at radius 3 is 0.900 bits per heavy atom. The summed E-state index contributed by atoms with van der Waals surface area (Å²) in [6.07, 6.45) is -5.09. The van der Waals surface area contributed by atoms with Crippen LogP contribution in [0.1, 0.15) is 13.8 Å². The lowest BCUT2D eigenvalue weighted by atomic mass is 10.9. The van der Waals surface area contributed by atoms with Crippen LogP contribution in [0.3, 0.4) is 0 Å². The molecule has 0 aromatic rings. The third kappa shape index (κ3) is 315. The number of carboxylic acid groups (broad SMARTS) is 4. The molecule has 0 rings (SSSR count). The number of nitrogens with two attached hydrogens (primary N) is 2. The molecule has 0 atom stereocenters. The summed E-state index contributed by atoms with van der Waals surface area (Å²) in [5.41, 5.74) is 9.08. The predicted octanol–water partition coefficient (Wildman–Crippen LogP) is 0.648. The average molecular weight is 302 g/mol. The highest BCUT2D eigenvalue weighted by atomic mass is 16.6. The minimum atomic E-state index is -1.83. The second-order valence-electron chi connectivity index (χ2n) is 2.07. The molecule has 0 aliphatic rings. The topological polar surface area (TPSA) is 220 Å². The Hall–Kier alpha value is -2.92. The number of hydrogen-bond acceptors (Lipinski definition) is 6. The number of ether oxygens (including phenoxy) is 2. The molecule has 12 nitrogen and oxygen atoms in total. The van der Waals surface area contributed by atoms with Gasteiger partial charge in [0.15, 0.2) is 0 Å². The number of carbonyl (C=O) groups excluding carboxylic acids is 2. The van der Waals surface area contributed by atoms with Crippen LogP contribution in [0.15, 0.2) is 0 Å². The van der Waals surface area contributed by atoms with Gasteiger partial charge in [0.1, 0.15) is 0 Å². The summed E-state index contributed by atoms with van der Waals surface area (Å²) in [5.74, 6) is 0. The van der Waals surface area contributed by atoms with Gasteiger partial charge < -0.3 is 41.4 Å². The fourth-order valence-electron chi connectivity index (χ4n) is 0.285. The third-order valence-electron chi connectivity index (χ3n) is 0.573. The fourth-order valence-corrected chi connectivity index (χ4v) is 0.285. The Balaban J connectivity index is -0.0000000871. The Kier molecular flexibility index (Phi) is 27.6. The van der Waals surface area contributed by atoms with Crippen molar-refractivity contribution in [2.24, 2.45) is 11.5 Å². The second kappa shape index (κ2) is 21.4. The van der Waals surface area contributed by atoms with Crippen LogP contribution in [0.5, 0.6) is 0 Å². The molecular weight excluding hydrogens is 284 g/mol. The van der Waals surface area contributed by atoms with E-state index in [0.29, 0.717) is 13.2 Å². The summed E-state index contributed by atoms with van der Waals surface area (Å²) in [6.45, 7) is 4.11.